The summed E-state index contributed by atoms with van der Waals surface area (Å²) < 4.78 is 0. The average Bonchev–Trinajstić information content (AvgIpc) is 2.67. The number of hydrogen-bond acceptors (Lipinski definition) is 3. The second kappa shape index (κ2) is 8.30. The third-order valence-electron chi connectivity index (χ3n) is 5.02. The van der Waals surface area contributed by atoms with Gasteiger partial charge in [0.15, 0.2) is 0 Å². The Kier molecular flexibility index (Phi) is 6.05. The standard InChI is InChI=1S/C20H20ClN3O2.ClH/c21-16-4-2-1-3-15(16)18-12-22-9-10-24(18)20(26)14-5-7-17-13(11-14)6-8-19(25)23-17;/h1-5,7,11,18,22H,6,8-10,12H2,(H,23,25);1H. The maximum atomic E-state index is 13.2. The summed E-state index contributed by atoms with van der Waals surface area (Å²) in [6.07, 6.45) is 1.12. The summed E-state index contributed by atoms with van der Waals surface area (Å²) in [6, 6.07) is 13.1. The SMILES string of the molecule is Cl.O=C1CCc2cc(C(=O)N3CCNCC3c3ccccc3Cl)ccc2N1. The summed E-state index contributed by atoms with van der Waals surface area (Å²) in [4.78, 5) is 26.6. The highest BCUT2D eigenvalue weighted by molar-refractivity contribution is 6.31. The molecule has 2 N–H and O–H groups in total. The molecule has 4 rings (SSSR count). The zero-order valence-electron chi connectivity index (χ0n) is 14.7. The first-order valence-corrected chi connectivity index (χ1v) is 9.20. The van der Waals surface area contributed by atoms with E-state index in [0.29, 0.717) is 36.5 Å². The fraction of sp³-hybridized carbons (Fsp3) is 0.300. The van der Waals surface area contributed by atoms with Crippen LogP contribution >= 0.6 is 24.0 Å². The second-order valence-electron chi connectivity index (χ2n) is 6.66. The zero-order valence-corrected chi connectivity index (χ0v) is 16.3. The van der Waals surface area contributed by atoms with Gasteiger partial charge in [0, 0.05) is 42.3 Å². The van der Waals surface area contributed by atoms with Gasteiger partial charge in [0.05, 0.1) is 6.04 Å². The van der Waals surface area contributed by atoms with Crippen molar-refractivity contribution < 1.29 is 9.59 Å². The number of carbonyl (C=O) groups excluding carboxylic acids is 2. The quantitative estimate of drug-likeness (QED) is 0.804. The molecular weight excluding hydrogens is 385 g/mol. The molecule has 2 aromatic carbocycles. The summed E-state index contributed by atoms with van der Waals surface area (Å²) in [5.41, 5.74) is 3.43. The molecule has 27 heavy (non-hydrogen) atoms. The number of fused-ring (bicyclic) bond motifs is 1. The third-order valence-corrected chi connectivity index (χ3v) is 5.36. The number of rotatable bonds is 2. The van der Waals surface area contributed by atoms with Crippen LogP contribution in [0.25, 0.3) is 0 Å². The Bertz CT molecular complexity index is 872. The Hall–Kier alpha value is -2.08. The first-order chi connectivity index (χ1) is 12.6. The van der Waals surface area contributed by atoms with Crippen LogP contribution in [0.3, 0.4) is 0 Å². The van der Waals surface area contributed by atoms with E-state index in [-0.39, 0.29) is 30.3 Å². The Labute approximate surface area is 169 Å². The molecule has 2 aliphatic rings. The zero-order chi connectivity index (χ0) is 18.1. The van der Waals surface area contributed by atoms with Gasteiger partial charge in [-0.3, -0.25) is 9.59 Å². The highest BCUT2D eigenvalue weighted by atomic mass is 35.5. The molecule has 0 spiro atoms. The second-order valence-corrected chi connectivity index (χ2v) is 7.07. The highest BCUT2D eigenvalue weighted by Gasteiger charge is 2.30. The van der Waals surface area contributed by atoms with Crippen LogP contribution in [0, 0.1) is 0 Å². The molecule has 2 heterocycles. The van der Waals surface area contributed by atoms with Crippen LogP contribution < -0.4 is 10.6 Å². The molecule has 0 bridgehead atoms. The number of nitrogens with zero attached hydrogens (tertiary/aromatic N) is 1. The van der Waals surface area contributed by atoms with Crippen LogP contribution in [-0.4, -0.2) is 36.3 Å². The van der Waals surface area contributed by atoms with Crippen molar-refractivity contribution in [3.63, 3.8) is 0 Å². The van der Waals surface area contributed by atoms with Gasteiger partial charge < -0.3 is 15.5 Å². The van der Waals surface area contributed by atoms with Gasteiger partial charge in [-0.1, -0.05) is 29.8 Å². The molecular formula is C20H21Cl2N3O2. The lowest BCUT2D eigenvalue weighted by molar-refractivity contribution is -0.116. The van der Waals surface area contributed by atoms with Crippen molar-refractivity contribution >= 4 is 41.5 Å². The summed E-state index contributed by atoms with van der Waals surface area (Å²) in [5, 5.41) is 6.88. The summed E-state index contributed by atoms with van der Waals surface area (Å²) >= 11 is 6.38. The van der Waals surface area contributed by atoms with Crippen molar-refractivity contribution in [1.29, 1.82) is 0 Å². The molecule has 5 nitrogen and oxygen atoms in total. The van der Waals surface area contributed by atoms with Crippen LogP contribution in [-0.2, 0) is 11.2 Å². The lowest BCUT2D eigenvalue weighted by atomic mass is 9.98. The molecule has 2 aromatic rings. The Morgan fingerprint density at radius 1 is 1.15 bits per heavy atom. The maximum absolute atomic E-state index is 13.2. The molecule has 1 fully saturated rings. The van der Waals surface area contributed by atoms with E-state index in [2.05, 4.69) is 10.6 Å². The van der Waals surface area contributed by atoms with E-state index in [4.69, 9.17) is 11.6 Å². The van der Waals surface area contributed by atoms with Gasteiger partial charge in [0.1, 0.15) is 0 Å². The monoisotopic (exact) mass is 405 g/mol. The van der Waals surface area contributed by atoms with Crippen LogP contribution in [0.15, 0.2) is 42.5 Å². The Morgan fingerprint density at radius 3 is 2.78 bits per heavy atom. The fourth-order valence-corrected chi connectivity index (χ4v) is 3.91. The minimum Gasteiger partial charge on any atom is -0.329 e. The first kappa shape index (κ1) is 19.7. The number of aryl methyl sites for hydroxylation is 1. The van der Waals surface area contributed by atoms with Crippen molar-refractivity contribution in [3.8, 4) is 0 Å². The molecule has 1 saturated heterocycles. The summed E-state index contributed by atoms with van der Waals surface area (Å²) in [7, 11) is 0. The van der Waals surface area contributed by atoms with Gasteiger partial charge in [-0.05, 0) is 41.8 Å². The van der Waals surface area contributed by atoms with Gasteiger partial charge in [-0.2, -0.15) is 0 Å². The molecule has 2 aliphatic heterocycles. The van der Waals surface area contributed by atoms with Crippen LogP contribution in [0.2, 0.25) is 5.02 Å². The molecule has 0 aromatic heterocycles. The molecule has 0 saturated carbocycles. The van der Waals surface area contributed by atoms with Crippen LogP contribution in [0.1, 0.15) is 33.9 Å². The number of amides is 2. The van der Waals surface area contributed by atoms with Crippen molar-refractivity contribution in [2.24, 2.45) is 0 Å². The smallest absolute Gasteiger partial charge is 0.254 e. The number of nitrogens with one attached hydrogen (secondary N) is 2. The van der Waals surface area contributed by atoms with Gasteiger partial charge in [-0.15, -0.1) is 12.4 Å². The topological polar surface area (TPSA) is 61.4 Å². The van der Waals surface area contributed by atoms with Crippen molar-refractivity contribution in [1.82, 2.24) is 10.2 Å². The summed E-state index contributed by atoms with van der Waals surface area (Å²) in [6.45, 7) is 2.06. The van der Waals surface area contributed by atoms with E-state index < -0.39 is 0 Å². The predicted molar refractivity (Wildman–Crippen MR) is 109 cm³/mol. The predicted octanol–water partition coefficient (Wildman–Crippen LogP) is 3.43. The van der Waals surface area contributed by atoms with Crippen molar-refractivity contribution in [2.75, 3.05) is 25.0 Å². The number of halogens is 2. The van der Waals surface area contributed by atoms with E-state index >= 15 is 0 Å². The van der Waals surface area contributed by atoms with Crippen LogP contribution in [0.4, 0.5) is 5.69 Å². The fourth-order valence-electron chi connectivity index (χ4n) is 3.65. The van der Waals surface area contributed by atoms with Crippen molar-refractivity contribution in [2.45, 2.75) is 18.9 Å². The largest absolute Gasteiger partial charge is 0.329 e. The van der Waals surface area contributed by atoms with E-state index in [1.807, 2.05) is 41.3 Å². The number of benzene rings is 2. The normalized spacial score (nSPS) is 18.9. The van der Waals surface area contributed by atoms with E-state index in [9.17, 15) is 9.59 Å². The number of hydrogen-bond donors (Lipinski definition) is 2. The number of anilines is 1. The van der Waals surface area contributed by atoms with E-state index in [1.54, 1.807) is 6.07 Å². The van der Waals surface area contributed by atoms with Gasteiger partial charge >= 0.3 is 0 Å². The van der Waals surface area contributed by atoms with E-state index in [0.717, 1.165) is 23.4 Å². The molecule has 1 unspecified atom stereocenters. The highest BCUT2D eigenvalue weighted by Crippen LogP contribution is 2.31. The van der Waals surface area contributed by atoms with Gasteiger partial charge in [0.2, 0.25) is 5.91 Å². The molecule has 142 valence electrons. The number of piperazine rings is 1. The number of carbonyl (C=O) groups is 2. The minimum absolute atomic E-state index is 0. The molecule has 0 aliphatic carbocycles. The van der Waals surface area contributed by atoms with Crippen LogP contribution in [0.5, 0.6) is 0 Å². The van der Waals surface area contributed by atoms with Gasteiger partial charge in [-0.25, -0.2) is 0 Å². The van der Waals surface area contributed by atoms with E-state index in [1.165, 1.54) is 0 Å². The molecule has 2 amide bonds. The third kappa shape index (κ3) is 3.95. The minimum atomic E-state index is -0.0966. The molecule has 1 atom stereocenters. The average molecular weight is 406 g/mol. The van der Waals surface area contributed by atoms with Crippen molar-refractivity contribution in [3.05, 3.63) is 64.2 Å². The van der Waals surface area contributed by atoms with Gasteiger partial charge in [0.25, 0.3) is 5.91 Å². The lowest BCUT2D eigenvalue weighted by Crippen LogP contribution is -2.48. The Morgan fingerprint density at radius 2 is 1.96 bits per heavy atom. The Balaban J connectivity index is 0.00000210. The molecule has 7 heteroatoms. The maximum Gasteiger partial charge on any atom is 0.254 e. The lowest BCUT2D eigenvalue weighted by Gasteiger charge is -2.37. The first-order valence-electron chi connectivity index (χ1n) is 8.82. The summed E-state index contributed by atoms with van der Waals surface area (Å²) in [5.74, 6) is 0.0218. The molecule has 0 radical (unpaired) electrons.